The molecule has 1 N–H and O–H groups in total. The largest absolute Gasteiger partial charge is 0.454 e. The maximum Gasteiger partial charge on any atom is 0.231 e. The van der Waals surface area contributed by atoms with E-state index in [9.17, 15) is 0 Å². The second-order valence-electron chi connectivity index (χ2n) is 5.82. The van der Waals surface area contributed by atoms with Crippen LogP contribution >= 0.6 is 11.6 Å². The van der Waals surface area contributed by atoms with Gasteiger partial charge in [0.2, 0.25) is 6.79 Å². The summed E-state index contributed by atoms with van der Waals surface area (Å²) in [5.74, 6) is 2.39. The van der Waals surface area contributed by atoms with Crippen LogP contribution in [0.3, 0.4) is 0 Å². The second kappa shape index (κ2) is 6.23. The fraction of sp³-hybridized carbons (Fsp3) is 0.625. The summed E-state index contributed by atoms with van der Waals surface area (Å²) in [6, 6.07) is 4.64. The Balaban J connectivity index is 1.55. The van der Waals surface area contributed by atoms with E-state index in [1.807, 2.05) is 12.1 Å². The quantitative estimate of drug-likeness (QED) is 0.906. The molecule has 2 aliphatic rings. The predicted octanol–water partition coefficient (Wildman–Crippen LogP) is 4.13. The van der Waals surface area contributed by atoms with Gasteiger partial charge in [0, 0.05) is 12.6 Å². The van der Waals surface area contributed by atoms with E-state index in [0.29, 0.717) is 16.8 Å². The minimum absolute atomic E-state index is 0.271. The Hall–Kier alpha value is -0.930. The van der Waals surface area contributed by atoms with E-state index < -0.39 is 0 Å². The fourth-order valence-electron chi connectivity index (χ4n) is 3.16. The van der Waals surface area contributed by atoms with Crippen molar-refractivity contribution >= 4 is 11.6 Å². The molecule has 0 saturated heterocycles. The lowest BCUT2D eigenvalue weighted by molar-refractivity contribution is 0.174. The highest BCUT2D eigenvalue weighted by Crippen LogP contribution is 2.39. The van der Waals surface area contributed by atoms with Crippen molar-refractivity contribution in [1.29, 1.82) is 0 Å². The SMILES string of the molecule is CCC1CCC(NCc2cc(Cl)c3c(c2)OCO3)CC1. The van der Waals surface area contributed by atoms with Crippen LogP contribution in [0.15, 0.2) is 12.1 Å². The Kier molecular flexibility index (Phi) is 4.37. The lowest BCUT2D eigenvalue weighted by Gasteiger charge is -2.28. The summed E-state index contributed by atoms with van der Waals surface area (Å²) in [6.45, 7) is 3.41. The van der Waals surface area contributed by atoms with Gasteiger partial charge in [-0.25, -0.2) is 0 Å². The summed E-state index contributed by atoms with van der Waals surface area (Å²) in [4.78, 5) is 0. The van der Waals surface area contributed by atoms with Crippen LogP contribution < -0.4 is 14.8 Å². The van der Waals surface area contributed by atoms with Crippen LogP contribution in [0, 0.1) is 5.92 Å². The number of rotatable bonds is 4. The predicted molar refractivity (Wildman–Crippen MR) is 80.5 cm³/mol. The standard InChI is InChI=1S/C16H22ClNO2/c1-2-11-3-5-13(6-4-11)18-9-12-7-14(17)16-15(8-12)19-10-20-16/h7-8,11,13,18H,2-6,9-10H2,1H3. The number of hydrogen-bond acceptors (Lipinski definition) is 3. The van der Waals surface area contributed by atoms with E-state index in [-0.39, 0.29) is 6.79 Å². The van der Waals surface area contributed by atoms with Gasteiger partial charge >= 0.3 is 0 Å². The number of nitrogens with one attached hydrogen (secondary N) is 1. The molecule has 20 heavy (non-hydrogen) atoms. The van der Waals surface area contributed by atoms with Crippen molar-refractivity contribution < 1.29 is 9.47 Å². The summed E-state index contributed by atoms with van der Waals surface area (Å²) in [6.07, 6.45) is 6.62. The van der Waals surface area contributed by atoms with Crippen LogP contribution in [-0.4, -0.2) is 12.8 Å². The van der Waals surface area contributed by atoms with Crippen molar-refractivity contribution in [2.45, 2.75) is 51.6 Å². The van der Waals surface area contributed by atoms with Gasteiger partial charge in [0.05, 0.1) is 5.02 Å². The molecule has 1 saturated carbocycles. The Morgan fingerprint density at radius 2 is 2.00 bits per heavy atom. The highest BCUT2D eigenvalue weighted by molar-refractivity contribution is 6.32. The summed E-state index contributed by atoms with van der Waals surface area (Å²) in [5, 5.41) is 4.29. The smallest absolute Gasteiger partial charge is 0.231 e. The zero-order chi connectivity index (χ0) is 13.9. The van der Waals surface area contributed by atoms with Crippen LogP contribution in [0.5, 0.6) is 11.5 Å². The Morgan fingerprint density at radius 1 is 1.20 bits per heavy atom. The van der Waals surface area contributed by atoms with Crippen molar-refractivity contribution in [2.24, 2.45) is 5.92 Å². The Bertz CT molecular complexity index is 470. The number of ether oxygens (including phenoxy) is 2. The number of halogens is 1. The molecule has 1 heterocycles. The average Bonchev–Trinajstić information content (AvgIpc) is 2.94. The van der Waals surface area contributed by atoms with Gasteiger partial charge in [-0.2, -0.15) is 0 Å². The van der Waals surface area contributed by atoms with Crippen LogP contribution in [0.4, 0.5) is 0 Å². The van der Waals surface area contributed by atoms with Gasteiger partial charge in [-0.15, -0.1) is 0 Å². The molecule has 4 heteroatoms. The average molecular weight is 296 g/mol. The number of hydrogen-bond donors (Lipinski definition) is 1. The molecule has 1 aromatic carbocycles. The summed E-state index contributed by atoms with van der Waals surface area (Å²) < 4.78 is 10.7. The molecule has 1 aromatic rings. The first kappa shape index (κ1) is 14.0. The first-order valence-electron chi connectivity index (χ1n) is 7.57. The molecular weight excluding hydrogens is 274 g/mol. The van der Waals surface area contributed by atoms with E-state index >= 15 is 0 Å². The number of benzene rings is 1. The van der Waals surface area contributed by atoms with Gasteiger partial charge in [0.15, 0.2) is 11.5 Å². The molecule has 0 aromatic heterocycles. The topological polar surface area (TPSA) is 30.5 Å². The van der Waals surface area contributed by atoms with Crippen LogP contribution in [0.2, 0.25) is 5.02 Å². The third-order valence-electron chi connectivity index (χ3n) is 4.51. The minimum Gasteiger partial charge on any atom is -0.454 e. The van der Waals surface area contributed by atoms with E-state index in [0.717, 1.165) is 23.8 Å². The van der Waals surface area contributed by atoms with Crippen LogP contribution in [0.1, 0.15) is 44.6 Å². The Morgan fingerprint density at radius 3 is 2.75 bits per heavy atom. The molecule has 110 valence electrons. The molecule has 0 bridgehead atoms. The molecule has 0 amide bonds. The summed E-state index contributed by atoms with van der Waals surface area (Å²) in [5.41, 5.74) is 1.16. The van der Waals surface area contributed by atoms with E-state index in [4.69, 9.17) is 21.1 Å². The van der Waals surface area contributed by atoms with Gasteiger partial charge in [0.25, 0.3) is 0 Å². The van der Waals surface area contributed by atoms with Gasteiger partial charge in [0.1, 0.15) is 0 Å². The highest BCUT2D eigenvalue weighted by atomic mass is 35.5. The van der Waals surface area contributed by atoms with Crippen LogP contribution in [-0.2, 0) is 6.54 Å². The maximum atomic E-state index is 6.20. The Labute approximate surface area is 125 Å². The van der Waals surface area contributed by atoms with E-state index in [2.05, 4.69) is 12.2 Å². The van der Waals surface area contributed by atoms with Crippen LogP contribution in [0.25, 0.3) is 0 Å². The molecule has 0 atom stereocenters. The van der Waals surface area contributed by atoms with Crippen molar-refractivity contribution in [1.82, 2.24) is 5.32 Å². The van der Waals surface area contributed by atoms with E-state index in [1.54, 1.807) is 0 Å². The number of fused-ring (bicyclic) bond motifs is 1. The monoisotopic (exact) mass is 295 g/mol. The summed E-state index contributed by atoms with van der Waals surface area (Å²) >= 11 is 6.20. The maximum absolute atomic E-state index is 6.20. The van der Waals surface area contributed by atoms with Crippen molar-refractivity contribution in [3.05, 3.63) is 22.7 Å². The fourth-order valence-corrected chi connectivity index (χ4v) is 3.45. The van der Waals surface area contributed by atoms with Crippen molar-refractivity contribution in [3.8, 4) is 11.5 Å². The molecule has 0 spiro atoms. The molecule has 0 unspecified atom stereocenters. The van der Waals surface area contributed by atoms with Gasteiger partial charge in [-0.1, -0.05) is 24.9 Å². The molecular formula is C16H22ClNO2. The summed E-state index contributed by atoms with van der Waals surface area (Å²) in [7, 11) is 0. The third-order valence-corrected chi connectivity index (χ3v) is 4.79. The molecule has 1 aliphatic carbocycles. The van der Waals surface area contributed by atoms with Gasteiger partial charge < -0.3 is 14.8 Å². The van der Waals surface area contributed by atoms with Gasteiger partial charge in [-0.05, 0) is 49.3 Å². The molecule has 0 radical (unpaired) electrons. The molecule has 3 nitrogen and oxygen atoms in total. The lowest BCUT2D eigenvalue weighted by Crippen LogP contribution is -2.32. The van der Waals surface area contributed by atoms with E-state index in [1.165, 1.54) is 32.1 Å². The zero-order valence-electron chi connectivity index (χ0n) is 12.0. The molecule has 1 aliphatic heterocycles. The first-order chi connectivity index (χ1) is 9.76. The van der Waals surface area contributed by atoms with Crippen molar-refractivity contribution in [3.63, 3.8) is 0 Å². The van der Waals surface area contributed by atoms with Gasteiger partial charge in [-0.3, -0.25) is 0 Å². The second-order valence-corrected chi connectivity index (χ2v) is 6.23. The zero-order valence-corrected chi connectivity index (χ0v) is 12.7. The highest BCUT2D eigenvalue weighted by Gasteiger charge is 2.21. The lowest BCUT2D eigenvalue weighted by atomic mass is 9.84. The minimum atomic E-state index is 0.271. The third kappa shape index (κ3) is 3.04. The first-order valence-corrected chi connectivity index (χ1v) is 7.95. The molecule has 1 fully saturated rings. The van der Waals surface area contributed by atoms with Crippen molar-refractivity contribution in [2.75, 3.05) is 6.79 Å². The molecule has 3 rings (SSSR count). The normalized spacial score (nSPS) is 24.9.